The van der Waals surface area contributed by atoms with Crippen molar-refractivity contribution in [2.45, 2.75) is 39.3 Å². The number of hydrogen-bond donors (Lipinski definition) is 1. The molecule has 1 N–H and O–H groups in total. The van der Waals surface area contributed by atoms with E-state index < -0.39 is 5.60 Å². The topological polar surface area (TPSA) is 87.5 Å². The molecule has 9 heteroatoms. The van der Waals surface area contributed by atoms with Gasteiger partial charge in [-0.05, 0) is 39.8 Å². The zero-order valence-corrected chi connectivity index (χ0v) is 17.7. The zero-order valence-electron chi connectivity index (χ0n) is 16.9. The third-order valence-corrected chi connectivity index (χ3v) is 4.94. The first-order valence-electron chi connectivity index (χ1n) is 9.56. The summed E-state index contributed by atoms with van der Waals surface area (Å²) in [6, 6.07) is 4.11. The molecule has 4 rings (SSSR count). The maximum Gasteiger partial charge on any atom is 0.410 e. The van der Waals surface area contributed by atoms with E-state index in [1.54, 1.807) is 23.4 Å². The summed E-state index contributed by atoms with van der Waals surface area (Å²) in [5.74, 6) is 0.669. The van der Waals surface area contributed by atoms with E-state index in [1.165, 1.54) is 0 Å². The van der Waals surface area contributed by atoms with Gasteiger partial charge in [0.25, 0.3) is 6.01 Å². The van der Waals surface area contributed by atoms with Crippen molar-refractivity contribution in [3.05, 3.63) is 29.5 Å². The van der Waals surface area contributed by atoms with Crippen LogP contribution < -0.4 is 4.90 Å². The predicted molar refractivity (Wildman–Crippen MR) is 111 cm³/mol. The number of hydrogen-bond acceptors (Lipinski definition) is 6. The molecular formula is C20H24ClN5O3. The van der Waals surface area contributed by atoms with Gasteiger partial charge in [0.15, 0.2) is 5.58 Å². The molecule has 1 fully saturated rings. The minimum atomic E-state index is -0.515. The Kier molecular flexibility index (Phi) is 4.90. The van der Waals surface area contributed by atoms with Crippen LogP contribution in [0, 0.1) is 0 Å². The SMILES string of the molecule is CC1CN(C(=O)OC(C)(C)C)CCN1c1nc2cc(Cl)cc(-c3ncc[nH]3)c2o1. The molecule has 1 atom stereocenters. The first kappa shape index (κ1) is 19.6. The number of aromatic amines is 1. The zero-order chi connectivity index (χ0) is 20.8. The normalized spacial score (nSPS) is 17.8. The van der Waals surface area contributed by atoms with Crippen molar-refractivity contribution >= 4 is 34.8 Å². The first-order valence-corrected chi connectivity index (χ1v) is 9.93. The highest BCUT2D eigenvalue weighted by atomic mass is 35.5. The summed E-state index contributed by atoms with van der Waals surface area (Å²) in [7, 11) is 0. The van der Waals surface area contributed by atoms with Crippen LogP contribution in [0.4, 0.5) is 10.8 Å². The fraction of sp³-hybridized carbons (Fsp3) is 0.450. The maximum absolute atomic E-state index is 12.4. The van der Waals surface area contributed by atoms with E-state index in [1.807, 2.05) is 33.8 Å². The van der Waals surface area contributed by atoms with Gasteiger partial charge in [0.05, 0.1) is 5.56 Å². The molecule has 0 bridgehead atoms. The lowest BCUT2D eigenvalue weighted by molar-refractivity contribution is 0.0216. The Morgan fingerprint density at radius 1 is 1.34 bits per heavy atom. The number of halogens is 1. The Hall–Kier alpha value is -2.74. The van der Waals surface area contributed by atoms with Crippen LogP contribution in [-0.2, 0) is 4.74 Å². The van der Waals surface area contributed by atoms with Crippen molar-refractivity contribution in [2.75, 3.05) is 24.5 Å². The number of benzene rings is 1. The van der Waals surface area contributed by atoms with Crippen LogP contribution in [0.2, 0.25) is 5.02 Å². The molecule has 1 saturated heterocycles. The van der Waals surface area contributed by atoms with Crippen LogP contribution in [0.3, 0.4) is 0 Å². The van der Waals surface area contributed by atoms with Gasteiger partial charge in [-0.15, -0.1) is 0 Å². The van der Waals surface area contributed by atoms with Crippen LogP contribution in [0.25, 0.3) is 22.5 Å². The summed E-state index contributed by atoms with van der Waals surface area (Å²) in [4.78, 5) is 28.2. The van der Waals surface area contributed by atoms with Crippen LogP contribution in [0.1, 0.15) is 27.7 Å². The highest BCUT2D eigenvalue weighted by Crippen LogP contribution is 2.34. The molecule has 0 radical (unpaired) electrons. The number of nitrogens with one attached hydrogen (secondary N) is 1. The summed E-state index contributed by atoms with van der Waals surface area (Å²) in [6.45, 7) is 9.28. The molecule has 1 aliphatic heterocycles. The number of amides is 1. The van der Waals surface area contributed by atoms with Crippen molar-refractivity contribution in [3.63, 3.8) is 0 Å². The van der Waals surface area contributed by atoms with Crippen molar-refractivity contribution in [3.8, 4) is 11.4 Å². The number of fused-ring (bicyclic) bond motifs is 1. The quantitative estimate of drug-likeness (QED) is 0.668. The van der Waals surface area contributed by atoms with Crippen molar-refractivity contribution < 1.29 is 13.9 Å². The Morgan fingerprint density at radius 2 is 2.14 bits per heavy atom. The second kappa shape index (κ2) is 7.26. The Morgan fingerprint density at radius 3 is 2.79 bits per heavy atom. The maximum atomic E-state index is 12.4. The van der Waals surface area contributed by atoms with Crippen LogP contribution in [-0.4, -0.2) is 57.2 Å². The minimum Gasteiger partial charge on any atom is -0.444 e. The molecule has 29 heavy (non-hydrogen) atoms. The number of piperazine rings is 1. The standard InChI is InChI=1S/C20H24ClN5O3/c1-12-11-25(19(27)29-20(2,3)4)7-8-26(12)18-24-15-10-13(21)9-14(16(15)28-18)17-22-5-6-23-17/h5-6,9-10,12H,7-8,11H2,1-4H3,(H,22,23). The molecule has 0 spiro atoms. The average Bonchev–Trinajstić information content (AvgIpc) is 3.29. The van der Waals surface area contributed by atoms with Crippen LogP contribution in [0.15, 0.2) is 28.9 Å². The number of rotatable bonds is 2. The summed E-state index contributed by atoms with van der Waals surface area (Å²) in [5.41, 5.74) is 1.54. The Balaban J connectivity index is 1.58. The number of carbonyl (C=O) groups excluding carboxylic acids is 1. The summed E-state index contributed by atoms with van der Waals surface area (Å²) in [6.07, 6.45) is 3.13. The monoisotopic (exact) mass is 417 g/mol. The number of aromatic nitrogens is 3. The van der Waals surface area contributed by atoms with Gasteiger partial charge in [-0.25, -0.2) is 9.78 Å². The second-order valence-corrected chi connectivity index (χ2v) is 8.64. The summed E-state index contributed by atoms with van der Waals surface area (Å²) < 4.78 is 11.6. The molecule has 1 amide bonds. The number of H-pyrrole nitrogens is 1. The molecule has 154 valence electrons. The van der Waals surface area contributed by atoms with E-state index in [2.05, 4.69) is 19.9 Å². The van der Waals surface area contributed by atoms with Gasteiger partial charge in [0, 0.05) is 43.1 Å². The Labute approximate surface area is 173 Å². The number of anilines is 1. The van der Waals surface area contributed by atoms with Crippen molar-refractivity contribution in [2.24, 2.45) is 0 Å². The Bertz CT molecular complexity index is 1020. The molecule has 0 saturated carbocycles. The number of oxazole rings is 1. The highest BCUT2D eigenvalue weighted by molar-refractivity contribution is 6.31. The lowest BCUT2D eigenvalue weighted by Gasteiger charge is -2.39. The van der Waals surface area contributed by atoms with Crippen molar-refractivity contribution in [1.29, 1.82) is 0 Å². The number of imidazole rings is 1. The molecule has 1 unspecified atom stereocenters. The smallest absolute Gasteiger partial charge is 0.410 e. The molecule has 3 heterocycles. The second-order valence-electron chi connectivity index (χ2n) is 8.20. The lowest BCUT2D eigenvalue weighted by Crippen LogP contribution is -2.54. The number of carbonyl (C=O) groups is 1. The molecule has 2 aromatic heterocycles. The summed E-state index contributed by atoms with van der Waals surface area (Å²) >= 11 is 6.28. The highest BCUT2D eigenvalue weighted by Gasteiger charge is 2.32. The van der Waals surface area contributed by atoms with E-state index in [0.717, 1.165) is 5.56 Å². The number of nitrogens with zero attached hydrogens (tertiary/aromatic N) is 4. The van der Waals surface area contributed by atoms with Gasteiger partial charge in [-0.2, -0.15) is 4.98 Å². The predicted octanol–water partition coefficient (Wildman–Crippen LogP) is 4.32. The first-order chi connectivity index (χ1) is 13.7. The van der Waals surface area contributed by atoms with Gasteiger partial charge in [-0.1, -0.05) is 11.6 Å². The fourth-order valence-corrected chi connectivity index (χ4v) is 3.64. The van der Waals surface area contributed by atoms with E-state index in [0.29, 0.717) is 47.6 Å². The van der Waals surface area contributed by atoms with E-state index in [4.69, 9.17) is 20.8 Å². The van der Waals surface area contributed by atoms with E-state index in [-0.39, 0.29) is 12.1 Å². The molecule has 1 aromatic carbocycles. The van der Waals surface area contributed by atoms with Crippen molar-refractivity contribution in [1.82, 2.24) is 19.9 Å². The van der Waals surface area contributed by atoms with E-state index in [9.17, 15) is 4.79 Å². The van der Waals surface area contributed by atoms with Gasteiger partial charge >= 0.3 is 6.09 Å². The molecular weight excluding hydrogens is 394 g/mol. The van der Waals surface area contributed by atoms with Gasteiger partial charge in [-0.3, -0.25) is 0 Å². The fourth-order valence-electron chi connectivity index (χ4n) is 3.43. The van der Waals surface area contributed by atoms with E-state index >= 15 is 0 Å². The number of ether oxygens (including phenoxy) is 1. The molecule has 8 nitrogen and oxygen atoms in total. The molecule has 3 aromatic rings. The molecule has 1 aliphatic rings. The molecule has 0 aliphatic carbocycles. The largest absolute Gasteiger partial charge is 0.444 e. The van der Waals surface area contributed by atoms with Crippen LogP contribution >= 0.6 is 11.6 Å². The van der Waals surface area contributed by atoms with Gasteiger partial charge in [0.2, 0.25) is 0 Å². The third-order valence-electron chi connectivity index (χ3n) is 4.72. The summed E-state index contributed by atoms with van der Waals surface area (Å²) in [5, 5.41) is 0.562. The average molecular weight is 418 g/mol. The third kappa shape index (κ3) is 4.03. The lowest BCUT2D eigenvalue weighted by atomic mass is 10.2. The van der Waals surface area contributed by atoms with Gasteiger partial charge in [0.1, 0.15) is 16.9 Å². The van der Waals surface area contributed by atoms with Gasteiger partial charge < -0.3 is 23.9 Å². The minimum absolute atomic E-state index is 0.0202. The van der Waals surface area contributed by atoms with Crippen LogP contribution in [0.5, 0.6) is 0 Å².